The molecule has 0 unspecified atom stereocenters. The SMILES string of the molecule is [2H]C([2H])([2H])c1cc(-c2ccccc2)cc(-n2c(-c3cc(C(C)(C)C)cc(C(C)(C)C)c3O)nc3c(-c4cc(-c5cc(-c6ccccc6)ccn5)cc(C(C)(C)C)c4)cccc32)c1. The molecule has 0 bridgehead atoms. The highest BCUT2D eigenvalue weighted by atomic mass is 16.3. The Morgan fingerprint density at radius 3 is 1.81 bits per heavy atom. The normalized spacial score (nSPS) is 13.3. The van der Waals surface area contributed by atoms with E-state index in [1.54, 1.807) is 12.1 Å². The molecule has 0 atom stereocenters. The Labute approximate surface area is 354 Å². The van der Waals surface area contributed by atoms with Crippen molar-refractivity contribution in [1.82, 2.24) is 14.5 Å². The van der Waals surface area contributed by atoms with Crippen molar-refractivity contribution in [2.45, 2.75) is 85.4 Å². The number of aryl methyl sites for hydroxylation is 1. The number of hydrogen-bond donors (Lipinski definition) is 1. The molecule has 0 saturated heterocycles. The summed E-state index contributed by atoms with van der Waals surface area (Å²) in [5.41, 5.74) is 12.8. The van der Waals surface area contributed by atoms with E-state index in [0.717, 1.165) is 72.4 Å². The van der Waals surface area contributed by atoms with Crippen LogP contribution in [0.5, 0.6) is 5.75 Å². The van der Waals surface area contributed by atoms with Crippen LogP contribution in [0.4, 0.5) is 0 Å². The summed E-state index contributed by atoms with van der Waals surface area (Å²) >= 11 is 0. The third kappa shape index (κ3) is 7.84. The third-order valence-electron chi connectivity index (χ3n) is 11.3. The van der Waals surface area contributed by atoms with E-state index in [2.05, 4.69) is 117 Å². The summed E-state index contributed by atoms with van der Waals surface area (Å²) in [5.74, 6) is 0.674. The first-order valence-corrected chi connectivity index (χ1v) is 20.5. The number of phenols is 1. The number of hydrogen-bond acceptors (Lipinski definition) is 3. The van der Waals surface area contributed by atoms with E-state index in [0.29, 0.717) is 17.1 Å². The molecule has 59 heavy (non-hydrogen) atoms. The molecule has 6 aromatic carbocycles. The molecule has 2 aromatic heterocycles. The van der Waals surface area contributed by atoms with Crippen molar-refractivity contribution in [3.63, 3.8) is 0 Å². The summed E-state index contributed by atoms with van der Waals surface area (Å²) in [6.07, 6.45) is 1.87. The lowest BCUT2D eigenvalue weighted by atomic mass is 9.79. The zero-order valence-electron chi connectivity index (χ0n) is 38.6. The number of fused-ring (bicyclic) bond motifs is 1. The number of para-hydroxylation sites is 1. The van der Waals surface area contributed by atoms with Gasteiger partial charge in [0.05, 0.1) is 22.3 Å². The molecule has 4 nitrogen and oxygen atoms in total. The van der Waals surface area contributed by atoms with Crippen molar-refractivity contribution in [1.29, 1.82) is 0 Å². The first kappa shape index (κ1) is 35.9. The quantitative estimate of drug-likeness (QED) is 0.183. The number of phenolic OH excluding ortho intramolecular Hbond substituents is 1. The maximum absolute atomic E-state index is 12.4. The highest BCUT2D eigenvalue weighted by molar-refractivity contribution is 5.97. The van der Waals surface area contributed by atoms with Gasteiger partial charge in [0.25, 0.3) is 0 Å². The van der Waals surface area contributed by atoms with Crippen LogP contribution in [0.15, 0.2) is 146 Å². The van der Waals surface area contributed by atoms with Gasteiger partial charge in [0.1, 0.15) is 11.6 Å². The van der Waals surface area contributed by atoms with Crippen LogP contribution in [0.2, 0.25) is 0 Å². The highest BCUT2D eigenvalue weighted by Gasteiger charge is 2.29. The van der Waals surface area contributed by atoms with E-state index in [1.165, 1.54) is 0 Å². The van der Waals surface area contributed by atoms with E-state index < -0.39 is 6.85 Å². The van der Waals surface area contributed by atoms with Gasteiger partial charge in [-0.2, -0.15) is 0 Å². The van der Waals surface area contributed by atoms with Crippen LogP contribution in [-0.2, 0) is 16.2 Å². The van der Waals surface area contributed by atoms with E-state index in [9.17, 15) is 5.11 Å². The maximum atomic E-state index is 12.4. The second-order valence-corrected chi connectivity index (χ2v) is 18.8. The van der Waals surface area contributed by atoms with Crippen molar-refractivity contribution in [3.8, 4) is 67.5 Å². The fraction of sp³-hybridized carbons (Fsp3) is 0.236. The Balaban J connectivity index is 1.46. The minimum atomic E-state index is -2.38. The number of imidazole rings is 1. The van der Waals surface area contributed by atoms with E-state index in [4.69, 9.17) is 14.1 Å². The Bertz CT molecular complexity index is 2940. The molecule has 0 saturated carbocycles. The predicted octanol–water partition coefficient (Wildman–Crippen LogP) is 14.7. The lowest BCUT2D eigenvalue weighted by molar-refractivity contribution is 0.446. The molecule has 8 rings (SSSR count). The van der Waals surface area contributed by atoms with Crippen molar-refractivity contribution >= 4 is 11.0 Å². The lowest BCUT2D eigenvalue weighted by Gasteiger charge is -2.27. The van der Waals surface area contributed by atoms with Crippen molar-refractivity contribution in [2.24, 2.45) is 0 Å². The summed E-state index contributed by atoms with van der Waals surface area (Å²) in [4.78, 5) is 10.4. The van der Waals surface area contributed by atoms with Gasteiger partial charge in [0, 0.05) is 32.7 Å². The fourth-order valence-corrected chi connectivity index (χ4v) is 7.88. The molecule has 8 aromatic rings. The average molecular weight is 777 g/mol. The second kappa shape index (κ2) is 14.8. The predicted molar refractivity (Wildman–Crippen MR) is 249 cm³/mol. The molecule has 0 radical (unpaired) electrons. The standard InChI is InChI=1S/C55H55N3O/c1-35-26-39(37-20-15-12-16-21-37)31-44(27-35)58-49-23-17-22-45(50(49)57-52(58)46-33-43(54(5,6)7)34-47(51(46)59)55(8,9)10)40-28-41(30-42(29-40)53(2,3)4)48-32-38(24-25-56-48)36-18-13-11-14-19-36/h11-34,59H,1-10H3/i1D3. The second-order valence-electron chi connectivity index (χ2n) is 18.8. The molecule has 4 heteroatoms. The first-order valence-electron chi connectivity index (χ1n) is 22.0. The molecular formula is C55H55N3O. The summed E-state index contributed by atoms with van der Waals surface area (Å²) in [5, 5.41) is 12.4. The van der Waals surface area contributed by atoms with Crippen molar-refractivity contribution < 1.29 is 9.22 Å². The number of aromatic hydroxyl groups is 1. The Morgan fingerprint density at radius 1 is 0.525 bits per heavy atom. The molecule has 0 aliphatic rings. The van der Waals surface area contributed by atoms with Gasteiger partial charge in [-0.3, -0.25) is 9.55 Å². The largest absolute Gasteiger partial charge is 0.507 e. The van der Waals surface area contributed by atoms with Crippen molar-refractivity contribution in [3.05, 3.63) is 168 Å². The summed E-state index contributed by atoms with van der Waals surface area (Å²) in [7, 11) is 0. The van der Waals surface area contributed by atoms with Crippen LogP contribution in [0.25, 0.3) is 72.7 Å². The van der Waals surface area contributed by atoms with Gasteiger partial charge >= 0.3 is 0 Å². The Morgan fingerprint density at radius 2 is 1.17 bits per heavy atom. The summed E-state index contributed by atoms with van der Waals surface area (Å²) in [6, 6.07) is 46.9. The number of benzene rings is 6. The molecule has 296 valence electrons. The smallest absolute Gasteiger partial charge is 0.149 e. The fourth-order valence-electron chi connectivity index (χ4n) is 7.88. The van der Waals surface area contributed by atoms with Crippen LogP contribution in [-0.4, -0.2) is 19.6 Å². The van der Waals surface area contributed by atoms with Crippen molar-refractivity contribution in [2.75, 3.05) is 0 Å². The maximum Gasteiger partial charge on any atom is 0.149 e. The molecule has 0 fully saturated rings. The molecule has 2 heterocycles. The number of rotatable bonds is 6. The number of aromatic nitrogens is 3. The summed E-state index contributed by atoms with van der Waals surface area (Å²) < 4.78 is 27.8. The molecule has 0 spiro atoms. The molecule has 0 aliphatic carbocycles. The lowest BCUT2D eigenvalue weighted by Crippen LogP contribution is -2.17. The van der Waals surface area contributed by atoms with Crippen LogP contribution in [0.3, 0.4) is 0 Å². The van der Waals surface area contributed by atoms with Crippen LogP contribution < -0.4 is 0 Å². The number of nitrogens with zero attached hydrogens (tertiary/aromatic N) is 3. The monoisotopic (exact) mass is 776 g/mol. The minimum absolute atomic E-state index is 0.153. The van der Waals surface area contributed by atoms with Gasteiger partial charge in [-0.25, -0.2) is 4.98 Å². The minimum Gasteiger partial charge on any atom is -0.507 e. The van der Waals surface area contributed by atoms with Gasteiger partial charge in [-0.15, -0.1) is 0 Å². The van der Waals surface area contributed by atoms with Crippen LogP contribution in [0, 0.1) is 6.85 Å². The van der Waals surface area contributed by atoms with Gasteiger partial charge in [-0.1, -0.05) is 153 Å². The Hall–Kier alpha value is -6.26. The zero-order chi connectivity index (χ0) is 44.4. The summed E-state index contributed by atoms with van der Waals surface area (Å²) in [6.45, 7) is 17.1. The van der Waals surface area contributed by atoms with Gasteiger partial charge in [0.15, 0.2) is 0 Å². The molecule has 1 N–H and O–H groups in total. The van der Waals surface area contributed by atoms with E-state index in [1.807, 2.05) is 83.6 Å². The molecule has 0 amide bonds. The van der Waals surface area contributed by atoms with E-state index in [-0.39, 0.29) is 27.6 Å². The van der Waals surface area contributed by atoms with Crippen LogP contribution >= 0.6 is 0 Å². The first-order chi connectivity index (χ1) is 29.2. The number of pyridine rings is 1. The topological polar surface area (TPSA) is 50.9 Å². The van der Waals surface area contributed by atoms with Crippen LogP contribution in [0.1, 0.15) is 88.7 Å². The van der Waals surface area contributed by atoms with Gasteiger partial charge in [-0.05, 0) is 116 Å². The van der Waals surface area contributed by atoms with E-state index >= 15 is 0 Å². The highest BCUT2D eigenvalue weighted by Crippen LogP contribution is 2.45. The third-order valence-corrected chi connectivity index (χ3v) is 11.3. The zero-order valence-corrected chi connectivity index (χ0v) is 35.6. The molecular weight excluding hydrogens is 719 g/mol. The Kier molecular flexibility index (Phi) is 9.02. The van der Waals surface area contributed by atoms with Gasteiger partial charge in [0.2, 0.25) is 0 Å². The van der Waals surface area contributed by atoms with Gasteiger partial charge < -0.3 is 5.11 Å². The molecule has 0 aliphatic heterocycles. The average Bonchev–Trinajstić information content (AvgIpc) is 3.62.